The number of rotatable bonds is 3. The van der Waals surface area contributed by atoms with Gasteiger partial charge in [0.1, 0.15) is 12.0 Å². The Kier molecular flexibility index (Phi) is 3.28. The van der Waals surface area contributed by atoms with E-state index in [0.717, 1.165) is 0 Å². The molecule has 1 unspecified atom stereocenters. The van der Waals surface area contributed by atoms with E-state index in [1.54, 1.807) is 6.92 Å². The molecule has 1 amide bonds. The minimum absolute atomic E-state index is 0.282. The van der Waals surface area contributed by atoms with E-state index >= 15 is 0 Å². The van der Waals surface area contributed by atoms with Gasteiger partial charge in [0.25, 0.3) is 0 Å². The zero-order chi connectivity index (χ0) is 11.6. The van der Waals surface area contributed by atoms with Crippen molar-refractivity contribution >= 4 is 17.8 Å². The number of nitrogens with one attached hydrogen (secondary N) is 1. The van der Waals surface area contributed by atoms with E-state index in [9.17, 15) is 14.4 Å². The maximum Gasteiger partial charge on any atom is 0.304 e. The second kappa shape index (κ2) is 4.29. The molecule has 6 nitrogen and oxygen atoms in total. The van der Waals surface area contributed by atoms with Gasteiger partial charge in [-0.25, -0.2) is 0 Å². The first kappa shape index (κ1) is 11.5. The molecule has 6 heteroatoms. The summed E-state index contributed by atoms with van der Waals surface area (Å²) in [5, 5.41) is 2.41. The lowest BCUT2D eigenvalue weighted by Crippen LogP contribution is -2.63. The highest BCUT2D eigenvalue weighted by molar-refractivity contribution is 5.87. The van der Waals surface area contributed by atoms with Crippen molar-refractivity contribution in [3.63, 3.8) is 0 Å². The molecular formula is C9H13NO5. The Morgan fingerprint density at radius 1 is 1.33 bits per heavy atom. The van der Waals surface area contributed by atoms with E-state index in [2.05, 4.69) is 5.32 Å². The number of carbonyl (C=O) groups is 3. The van der Waals surface area contributed by atoms with Crippen LogP contribution in [0.5, 0.6) is 0 Å². The summed E-state index contributed by atoms with van der Waals surface area (Å²) in [6, 6.07) is 0. The molecule has 1 fully saturated rings. The molecule has 0 aromatic carbocycles. The molecule has 3 atom stereocenters. The minimum Gasteiger partial charge on any atom is -0.462 e. The highest BCUT2D eigenvalue weighted by Crippen LogP contribution is 2.22. The van der Waals surface area contributed by atoms with Crippen molar-refractivity contribution < 1.29 is 23.9 Å². The van der Waals surface area contributed by atoms with E-state index < -0.39 is 30.2 Å². The number of esters is 2. The summed E-state index contributed by atoms with van der Waals surface area (Å²) in [6.07, 6.45) is -1.29. The first-order valence-corrected chi connectivity index (χ1v) is 4.56. The van der Waals surface area contributed by atoms with Crippen LogP contribution in [0.4, 0.5) is 0 Å². The zero-order valence-corrected chi connectivity index (χ0v) is 8.77. The van der Waals surface area contributed by atoms with Crippen LogP contribution in [0.15, 0.2) is 0 Å². The van der Waals surface area contributed by atoms with E-state index in [4.69, 9.17) is 9.47 Å². The van der Waals surface area contributed by atoms with Gasteiger partial charge in [-0.3, -0.25) is 14.4 Å². The van der Waals surface area contributed by atoms with Crippen molar-refractivity contribution in [3.8, 4) is 0 Å². The third-order valence-corrected chi connectivity index (χ3v) is 2.06. The minimum atomic E-state index is -0.690. The maximum absolute atomic E-state index is 11.2. The van der Waals surface area contributed by atoms with Crippen LogP contribution in [0.1, 0.15) is 20.8 Å². The lowest BCUT2D eigenvalue weighted by molar-refractivity contribution is -0.178. The Morgan fingerprint density at radius 3 is 2.33 bits per heavy atom. The Labute approximate surface area is 86.9 Å². The molecular weight excluding hydrogens is 202 g/mol. The molecule has 0 aromatic heterocycles. The molecule has 0 aromatic rings. The maximum atomic E-state index is 11.2. The Bertz CT molecular complexity index is 283. The van der Waals surface area contributed by atoms with Crippen molar-refractivity contribution in [2.75, 3.05) is 0 Å². The predicted molar refractivity (Wildman–Crippen MR) is 48.4 cm³/mol. The number of hydrogen-bond acceptors (Lipinski definition) is 5. The quantitative estimate of drug-likeness (QED) is 0.510. The summed E-state index contributed by atoms with van der Waals surface area (Å²) < 4.78 is 9.66. The van der Waals surface area contributed by atoms with E-state index in [0.29, 0.717) is 0 Å². The molecule has 1 heterocycles. The molecule has 1 N–H and O–H groups in total. The third kappa shape index (κ3) is 2.68. The smallest absolute Gasteiger partial charge is 0.304 e. The van der Waals surface area contributed by atoms with Crippen molar-refractivity contribution in [1.29, 1.82) is 0 Å². The largest absolute Gasteiger partial charge is 0.462 e. The zero-order valence-electron chi connectivity index (χ0n) is 8.77. The lowest BCUT2D eigenvalue weighted by Gasteiger charge is -2.38. The number of carbonyl (C=O) groups excluding carboxylic acids is 3. The van der Waals surface area contributed by atoms with Crippen LogP contribution in [0.3, 0.4) is 0 Å². The molecule has 1 rings (SSSR count). The molecule has 1 aliphatic heterocycles. The Hall–Kier alpha value is -1.59. The van der Waals surface area contributed by atoms with Gasteiger partial charge in [-0.2, -0.15) is 0 Å². The highest BCUT2D eigenvalue weighted by Gasteiger charge is 2.46. The van der Waals surface area contributed by atoms with Gasteiger partial charge in [0.15, 0.2) is 6.23 Å². The van der Waals surface area contributed by atoms with E-state index in [1.165, 1.54) is 13.8 Å². The predicted octanol–water partition coefficient (Wildman–Crippen LogP) is -0.427. The Morgan fingerprint density at radius 2 is 1.93 bits per heavy atom. The van der Waals surface area contributed by atoms with Gasteiger partial charge >= 0.3 is 11.9 Å². The molecule has 0 saturated carbocycles. The number of hydrogen-bond donors (Lipinski definition) is 1. The average molecular weight is 215 g/mol. The monoisotopic (exact) mass is 215 g/mol. The Balaban J connectivity index is 2.54. The first-order valence-electron chi connectivity index (χ1n) is 4.56. The van der Waals surface area contributed by atoms with E-state index in [-0.39, 0.29) is 5.91 Å². The van der Waals surface area contributed by atoms with Gasteiger partial charge < -0.3 is 14.8 Å². The fraction of sp³-hybridized carbons (Fsp3) is 0.667. The van der Waals surface area contributed by atoms with Crippen molar-refractivity contribution in [3.05, 3.63) is 0 Å². The van der Waals surface area contributed by atoms with Gasteiger partial charge in [-0.1, -0.05) is 0 Å². The summed E-state index contributed by atoms with van der Waals surface area (Å²) in [5.41, 5.74) is 0. The van der Waals surface area contributed by atoms with Crippen LogP contribution < -0.4 is 5.32 Å². The van der Waals surface area contributed by atoms with Gasteiger partial charge in [-0.05, 0) is 6.92 Å². The number of amides is 1. The second-order valence-corrected chi connectivity index (χ2v) is 3.38. The molecule has 0 radical (unpaired) electrons. The number of ether oxygens (including phenoxy) is 2. The van der Waals surface area contributed by atoms with Crippen molar-refractivity contribution in [2.24, 2.45) is 5.92 Å². The lowest BCUT2D eigenvalue weighted by atomic mass is 9.93. The standard InChI is InChI=1S/C9H13NO5/c1-4(14-5(2)11)7-8(13)10-9(7)15-6(3)12/h4,7,9H,1-3H3,(H,10,13)/t4?,7-,9+/m0/s1. The summed E-state index contributed by atoms with van der Waals surface area (Å²) in [6.45, 7) is 4.09. The van der Waals surface area contributed by atoms with E-state index in [1.807, 2.05) is 0 Å². The molecule has 84 valence electrons. The van der Waals surface area contributed by atoms with Crippen LogP contribution >= 0.6 is 0 Å². The van der Waals surface area contributed by atoms with Crippen LogP contribution in [-0.4, -0.2) is 30.2 Å². The SMILES string of the molecule is CC(=O)OC(C)[C@H]1C(=O)N[C@@H]1OC(C)=O. The fourth-order valence-electron chi connectivity index (χ4n) is 1.44. The van der Waals surface area contributed by atoms with Crippen LogP contribution in [-0.2, 0) is 23.9 Å². The first-order chi connectivity index (χ1) is 6.91. The molecule has 0 spiro atoms. The van der Waals surface area contributed by atoms with Gasteiger partial charge in [0.2, 0.25) is 5.91 Å². The summed E-state index contributed by atoms with van der Waals surface area (Å²) in [4.78, 5) is 32.5. The second-order valence-electron chi connectivity index (χ2n) is 3.38. The summed E-state index contributed by atoms with van der Waals surface area (Å²) in [5.74, 6) is -1.85. The van der Waals surface area contributed by atoms with Gasteiger partial charge in [0.05, 0.1) is 0 Å². The van der Waals surface area contributed by atoms with Crippen LogP contribution in [0, 0.1) is 5.92 Å². The van der Waals surface area contributed by atoms with Crippen molar-refractivity contribution in [2.45, 2.75) is 33.1 Å². The topological polar surface area (TPSA) is 81.7 Å². The fourth-order valence-corrected chi connectivity index (χ4v) is 1.44. The summed E-state index contributed by atoms with van der Waals surface area (Å²) in [7, 11) is 0. The molecule has 0 bridgehead atoms. The summed E-state index contributed by atoms with van der Waals surface area (Å²) >= 11 is 0. The molecule has 1 saturated heterocycles. The van der Waals surface area contributed by atoms with Crippen LogP contribution in [0.2, 0.25) is 0 Å². The average Bonchev–Trinajstić information content (AvgIpc) is 1.99. The number of β-lactam (4-membered cyclic amide) rings is 1. The normalized spacial score (nSPS) is 25.9. The molecule has 15 heavy (non-hydrogen) atoms. The third-order valence-electron chi connectivity index (χ3n) is 2.06. The molecule has 0 aliphatic carbocycles. The van der Waals surface area contributed by atoms with Gasteiger partial charge in [0, 0.05) is 13.8 Å². The molecule has 1 aliphatic rings. The highest BCUT2D eigenvalue weighted by atomic mass is 16.6. The van der Waals surface area contributed by atoms with Crippen LogP contribution in [0.25, 0.3) is 0 Å². The van der Waals surface area contributed by atoms with Crippen molar-refractivity contribution in [1.82, 2.24) is 5.32 Å². The van der Waals surface area contributed by atoms with Gasteiger partial charge in [-0.15, -0.1) is 0 Å².